The molecule has 2 rings (SSSR count). The van der Waals surface area contributed by atoms with Gasteiger partial charge in [-0.2, -0.15) is 0 Å². The van der Waals surface area contributed by atoms with Crippen molar-refractivity contribution in [2.75, 3.05) is 14.2 Å². The molecule has 0 heterocycles. The fourth-order valence-electron chi connectivity index (χ4n) is 1.40. The van der Waals surface area contributed by atoms with Gasteiger partial charge in [-0.25, -0.2) is 0 Å². The first kappa shape index (κ1) is 15.2. The Kier molecular flexibility index (Phi) is 6.31. The van der Waals surface area contributed by atoms with Crippen molar-refractivity contribution in [3.8, 4) is 36.2 Å². The lowest BCUT2D eigenvalue weighted by Gasteiger charge is -1.97. The van der Waals surface area contributed by atoms with Gasteiger partial charge in [-0.1, -0.05) is 17.9 Å². The summed E-state index contributed by atoms with van der Waals surface area (Å²) >= 11 is 0. The topological polar surface area (TPSA) is 18.5 Å². The number of terminal acetylenes is 2. The average molecular weight is 264 g/mol. The van der Waals surface area contributed by atoms with Gasteiger partial charge in [0.15, 0.2) is 0 Å². The summed E-state index contributed by atoms with van der Waals surface area (Å²) in [7, 11) is 3.25. The van der Waals surface area contributed by atoms with E-state index in [2.05, 4.69) is 11.8 Å². The summed E-state index contributed by atoms with van der Waals surface area (Å²) in [6.45, 7) is 0. The Balaban J connectivity index is 0.000000200. The zero-order valence-corrected chi connectivity index (χ0v) is 11.6. The number of hydrogen-bond acceptors (Lipinski definition) is 2. The van der Waals surface area contributed by atoms with E-state index in [1.165, 1.54) is 0 Å². The largest absolute Gasteiger partial charge is 0.497 e. The minimum atomic E-state index is 0.801. The van der Waals surface area contributed by atoms with E-state index < -0.39 is 0 Å². The summed E-state index contributed by atoms with van der Waals surface area (Å²) in [6, 6.07) is 14.8. The van der Waals surface area contributed by atoms with E-state index in [0.717, 1.165) is 22.6 Å². The van der Waals surface area contributed by atoms with Crippen LogP contribution in [0.15, 0.2) is 48.5 Å². The standard InChI is InChI=1S/2C9H8O/c1-3-8-4-6-9(10-2)7-5-8;1-3-8-5-4-6-9(7-8)10-2/h2*1,4-7H,2H3. The van der Waals surface area contributed by atoms with Crippen molar-refractivity contribution in [1.82, 2.24) is 0 Å². The lowest BCUT2D eigenvalue weighted by atomic mass is 10.2. The van der Waals surface area contributed by atoms with Crippen LogP contribution < -0.4 is 9.47 Å². The van der Waals surface area contributed by atoms with Gasteiger partial charge in [0.05, 0.1) is 14.2 Å². The summed E-state index contributed by atoms with van der Waals surface area (Å²) in [6.07, 6.45) is 10.3. The van der Waals surface area contributed by atoms with Gasteiger partial charge >= 0.3 is 0 Å². The molecule has 0 aliphatic rings. The number of benzene rings is 2. The average Bonchev–Trinajstić information content (AvgIpc) is 2.55. The van der Waals surface area contributed by atoms with Crippen LogP contribution in [0.3, 0.4) is 0 Å². The summed E-state index contributed by atoms with van der Waals surface area (Å²) in [5, 5.41) is 0. The predicted molar refractivity (Wildman–Crippen MR) is 81.9 cm³/mol. The molecule has 0 aliphatic heterocycles. The fourth-order valence-corrected chi connectivity index (χ4v) is 1.40. The Morgan fingerprint density at radius 1 is 0.750 bits per heavy atom. The first-order valence-electron chi connectivity index (χ1n) is 5.94. The van der Waals surface area contributed by atoms with E-state index in [1.807, 2.05) is 48.5 Å². The Labute approximate surface area is 120 Å². The van der Waals surface area contributed by atoms with Gasteiger partial charge in [-0.3, -0.25) is 0 Å². The Morgan fingerprint density at radius 2 is 1.35 bits per heavy atom. The maximum atomic E-state index is 5.17. The quantitative estimate of drug-likeness (QED) is 0.774. The zero-order chi connectivity index (χ0) is 14.8. The highest BCUT2D eigenvalue weighted by Crippen LogP contribution is 2.11. The molecule has 20 heavy (non-hydrogen) atoms. The number of rotatable bonds is 2. The molecule has 0 bridgehead atoms. The highest BCUT2D eigenvalue weighted by atomic mass is 16.5. The monoisotopic (exact) mass is 264 g/mol. The number of ether oxygens (including phenoxy) is 2. The van der Waals surface area contributed by atoms with E-state index in [4.69, 9.17) is 22.3 Å². The molecule has 0 amide bonds. The summed E-state index contributed by atoms with van der Waals surface area (Å²) in [4.78, 5) is 0. The third-order valence-corrected chi connectivity index (χ3v) is 2.49. The Bertz CT molecular complexity index is 613. The van der Waals surface area contributed by atoms with Crippen LogP contribution in [0.4, 0.5) is 0 Å². The molecule has 0 unspecified atom stereocenters. The van der Waals surface area contributed by atoms with E-state index in [-0.39, 0.29) is 0 Å². The van der Waals surface area contributed by atoms with Gasteiger partial charge in [0, 0.05) is 11.1 Å². The van der Waals surface area contributed by atoms with E-state index in [9.17, 15) is 0 Å². The van der Waals surface area contributed by atoms with E-state index >= 15 is 0 Å². The van der Waals surface area contributed by atoms with Crippen LogP contribution in [-0.2, 0) is 0 Å². The molecule has 2 aromatic carbocycles. The Morgan fingerprint density at radius 3 is 1.85 bits per heavy atom. The van der Waals surface area contributed by atoms with E-state index in [0.29, 0.717) is 0 Å². The minimum absolute atomic E-state index is 0.801. The minimum Gasteiger partial charge on any atom is -0.497 e. The maximum Gasteiger partial charge on any atom is 0.120 e. The molecule has 2 aromatic rings. The molecule has 100 valence electrons. The van der Waals surface area contributed by atoms with Crippen molar-refractivity contribution in [2.24, 2.45) is 0 Å². The van der Waals surface area contributed by atoms with Gasteiger partial charge in [-0.05, 0) is 42.5 Å². The molecule has 0 saturated heterocycles. The highest BCUT2D eigenvalue weighted by molar-refractivity contribution is 5.38. The number of hydrogen-bond donors (Lipinski definition) is 0. The lowest BCUT2D eigenvalue weighted by Crippen LogP contribution is -1.82. The summed E-state index contributed by atoms with van der Waals surface area (Å²) in [5.74, 6) is 6.68. The van der Waals surface area contributed by atoms with Gasteiger partial charge < -0.3 is 9.47 Å². The van der Waals surface area contributed by atoms with Crippen LogP contribution >= 0.6 is 0 Å². The van der Waals surface area contributed by atoms with Crippen LogP contribution in [0.25, 0.3) is 0 Å². The number of methoxy groups -OCH3 is 2. The van der Waals surface area contributed by atoms with Crippen LogP contribution in [0.1, 0.15) is 11.1 Å². The van der Waals surface area contributed by atoms with Crippen LogP contribution in [-0.4, -0.2) is 14.2 Å². The van der Waals surface area contributed by atoms with Crippen LogP contribution in [0, 0.1) is 24.7 Å². The van der Waals surface area contributed by atoms with Crippen molar-refractivity contribution in [3.63, 3.8) is 0 Å². The molecule has 0 aliphatic carbocycles. The molecule has 0 atom stereocenters. The third-order valence-electron chi connectivity index (χ3n) is 2.49. The molecule has 0 fully saturated rings. The second-order valence-electron chi connectivity index (χ2n) is 3.75. The molecule has 0 saturated carbocycles. The molecule has 0 radical (unpaired) electrons. The molecule has 0 N–H and O–H groups in total. The van der Waals surface area contributed by atoms with Crippen molar-refractivity contribution in [2.45, 2.75) is 0 Å². The van der Waals surface area contributed by atoms with Crippen molar-refractivity contribution < 1.29 is 9.47 Å². The Hall–Kier alpha value is -2.84. The smallest absolute Gasteiger partial charge is 0.120 e. The molecular weight excluding hydrogens is 248 g/mol. The highest BCUT2D eigenvalue weighted by Gasteiger charge is 1.89. The first-order chi connectivity index (χ1) is 9.73. The molecule has 2 nitrogen and oxygen atoms in total. The van der Waals surface area contributed by atoms with Gasteiger partial charge in [-0.15, -0.1) is 12.8 Å². The maximum absolute atomic E-state index is 5.17. The van der Waals surface area contributed by atoms with Crippen LogP contribution in [0.2, 0.25) is 0 Å². The van der Waals surface area contributed by atoms with Crippen LogP contribution in [0.5, 0.6) is 11.5 Å². The van der Waals surface area contributed by atoms with Gasteiger partial charge in [0.2, 0.25) is 0 Å². The van der Waals surface area contributed by atoms with Crippen molar-refractivity contribution in [3.05, 3.63) is 59.7 Å². The molecule has 0 spiro atoms. The van der Waals surface area contributed by atoms with Gasteiger partial charge in [0.25, 0.3) is 0 Å². The summed E-state index contributed by atoms with van der Waals surface area (Å²) < 4.78 is 9.91. The van der Waals surface area contributed by atoms with Gasteiger partial charge in [0.1, 0.15) is 11.5 Å². The predicted octanol–water partition coefficient (Wildman–Crippen LogP) is 3.35. The SMILES string of the molecule is C#Cc1ccc(OC)cc1.C#Cc1cccc(OC)c1. The molecule has 0 aromatic heterocycles. The second kappa shape index (κ2) is 8.29. The van der Waals surface area contributed by atoms with E-state index in [1.54, 1.807) is 14.2 Å². The van der Waals surface area contributed by atoms with Crippen molar-refractivity contribution in [1.29, 1.82) is 0 Å². The normalized spacial score (nSPS) is 8.40. The zero-order valence-electron chi connectivity index (χ0n) is 11.6. The molecular formula is C18H16O2. The fraction of sp³-hybridized carbons (Fsp3) is 0.111. The van der Waals surface area contributed by atoms with Crippen molar-refractivity contribution >= 4 is 0 Å². The second-order valence-corrected chi connectivity index (χ2v) is 3.75. The third kappa shape index (κ3) is 4.80. The molecule has 2 heteroatoms. The first-order valence-corrected chi connectivity index (χ1v) is 5.94. The lowest BCUT2D eigenvalue weighted by molar-refractivity contribution is 0.414. The summed E-state index contributed by atoms with van der Waals surface area (Å²) in [5.41, 5.74) is 1.72.